The van der Waals surface area contributed by atoms with Crippen molar-refractivity contribution in [2.75, 3.05) is 0 Å². The van der Waals surface area contributed by atoms with Crippen molar-refractivity contribution in [1.29, 1.82) is 0 Å². The first-order valence-corrected chi connectivity index (χ1v) is 8.45. The van der Waals surface area contributed by atoms with E-state index < -0.39 is 0 Å². The van der Waals surface area contributed by atoms with Gasteiger partial charge in [-0.3, -0.25) is 9.78 Å². The van der Waals surface area contributed by atoms with Gasteiger partial charge in [-0.15, -0.1) is 0 Å². The van der Waals surface area contributed by atoms with E-state index in [0.29, 0.717) is 11.7 Å². The van der Waals surface area contributed by atoms with Gasteiger partial charge in [-0.1, -0.05) is 34.6 Å². The Hall–Kier alpha value is -1.38. The number of nitrogens with zero attached hydrogens (tertiary/aromatic N) is 1. The molecule has 0 unspecified atom stereocenters. The maximum Gasteiger partial charge on any atom is 0.314 e. The van der Waals surface area contributed by atoms with E-state index in [2.05, 4.69) is 39.6 Å². The molecule has 3 heteroatoms. The van der Waals surface area contributed by atoms with E-state index in [4.69, 9.17) is 4.74 Å². The van der Waals surface area contributed by atoms with Crippen molar-refractivity contribution in [3.63, 3.8) is 0 Å². The van der Waals surface area contributed by atoms with Crippen LogP contribution in [0.25, 0.3) is 0 Å². The molecule has 3 nitrogen and oxygen atoms in total. The predicted octanol–water partition coefficient (Wildman–Crippen LogP) is 4.75. The van der Waals surface area contributed by atoms with E-state index >= 15 is 0 Å². The molecule has 0 saturated heterocycles. The highest BCUT2D eigenvalue weighted by atomic mass is 16.5. The molecule has 0 N–H and O–H groups in total. The van der Waals surface area contributed by atoms with Gasteiger partial charge in [0.15, 0.2) is 0 Å². The van der Waals surface area contributed by atoms with E-state index in [1.54, 1.807) is 6.20 Å². The molecule has 1 aromatic heterocycles. The second kappa shape index (κ2) is 6.80. The minimum atomic E-state index is -0.0903. The molecule has 0 radical (unpaired) electrons. The zero-order valence-corrected chi connectivity index (χ0v) is 14.6. The van der Waals surface area contributed by atoms with Crippen LogP contribution in [0.4, 0.5) is 0 Å². The Kier molecular flexibility index (Phi) is 5.25. The van der Waals surface area contributed by atoms with Gasteiger partial charge in [0.25, 0.3) is 0 Å². The Morgan fingerprint density at radius 3 is 2.27 bits per heavy atom. The Balaban J connectivity index is 1.90. The van der Waals surface area contributed by atoms with Gasteiger partial charge in [0.05, 0.1) is 12.1 Å². The van der Waals surface area contributed by atoms with Gasteiger partial charge in [0.2, 0.25) is 0 Å². The second-order valence-corrected chi connectivity index (χ2v) is 7.91. The monoisotopic (exact) mass is 303 g/mol. The van der Waals surface area contributed by atoms with Crippen LogP contribution >= 0.6 is 0 Å². The van der Waals surface area contributed by atoms with Crippen LogP contribution in [0.1, 0.15) is 66.0 Å². The summed E-state index contributed by atoms with van der Waals surface area (Å²) >= 11 is 0. The van der Waals surface area contributed by atoms with E-state index in [9.17, 15) is 4.79 Å². The summed E-state index contributed by atoms with van der Waals surface area (Å²) in [6, 6.07) is 3.80. The molecule has 0 aliphatic heterocycles. The number of hydrogen-bond acceptors (Lipinski definition) is 3. The highest BCUT2D eigenvalue weighted by Gasteiger charge is 2.29. The highest BCUT2D eigenvalue weighted by Crippen LogP contribution is 2.34. The normalized spacial score (nSPS) is 22.6. The van der Waals surface area contributed by atoms with Crippen LogP contribution in [0.2, 0.25) is 0 Å². The minimum absolute atomic E-state index is 0.0117. The maximum atomic E-state index is 12.3. The first-order chi connectivity index (χ1) is 10.3. The number of ether oxygens (including phenoxy) is 1. The third-order valence-electron chi connectivity index (χ3n) is 4.77. The fourth-order valence-corrected chi connectivity index (χ4v) is 3.11. The summed E-state index contributed by atoms with van der Waals surface area (Å²) in [5, 5.41) is 0. The van der Waals surface area contributed by atoms with Crippen molar-refractivity contribution in [3.05, 3.63) is 24.0 Å². The van der Waals surface area contributed by atoms with Gasteiger partial charge in [0, 0.05) is 11.1 Å². The number of esters is 1. The lowest BCUT2D eigenvalue weighted by Gasteiger charge is -2.29. The average molecular weight is 303 g/mol. The average Bonchev–Trinajstić information content (AvgIpc) is 2.47. The van der Waals surface area contributed by atoms with Crippen LogP contribution in [-0.4, -0.2) is 11.0 Å². The summed E-state index contributed by atoms with van der Waals surface area (Å²) in [5.41, 5.74) is 1.02. The molecule has 1 fully saturated rings. The quantitative estimate of drug-likeness (QED) is 0.757. The molecule has 122 valence electrons. The lowest BCUT2D eigenvalue weighted by Crippen LogP contribution is -2.27. The summed E-state index contributed by atoms with van der Waals surface area (Å²) in [6.45, 7) is 10.9. The fraction of sp³-hybridized carbons (Fsp3) is 0.684. The topological polar surface area (TPSA) is 39.2 Å². The molecule has 1 heterocycles. The van der Waals surface area contributed by atoms with E-state index in [1.807, 2.05) is 12.1 Å². The smallest absolute Gasteiger partial charge is 0.314 e. The van der Waals surface area contributed by atoms with Gasteiger partial charge < -0.3 is 4.74 Å². The number of aromatic nitrogens is 1. The Morgan fingerprint density at radius 2 is 1.82 bits per heavy atom. The largest absolute Gasteiger partial charge is 0.425 e. The van der Waals surface area contributed by atoms with Crippen molar-refractivity contribution < 1.29 is 9.53 Å². The Morgan fingerprint density at radius 1 is 1.18 bits per heavy atom. The van der Waals surface area contributed by atoms with Crippen LogP contribution in [0, 0.1) is 17.8 Å². The molecule has 1 aliphatic rings. The lowest BCUT2D eigenvalue weighted by molar-refractivity contribution is -0.140. The molecule has 2 rings (SSSR count). The van der Waals surface area contributed by atoms with Gasteiger partial charge in [-0.2, -0.15) is 0 Å². The van der Waals surface area contributed by atoms with E-state index in [-0.39, 0.29) is 17.3 Å². The molecule has 22 heavy (non-hydrogen) atoms. The summed E-state index contributed by atoms with van der Waals surface area (Å²) in [5.74, 6) is 2.00. The van der Waals surface area contributed by atoms with Crippen LogP contribution in [0.3, 0.4) is 0 Å². The third-order valence-corrected chi connectivity index (χ3v) is 4.77. The highest BCUT2D eigenvalue weighted by molar-refractivity contribution is 5.75. The first kappa shape index (κ1) is 17.0. The zero-order valence-electron chi connectivity index (χ0n) is 14.6. The summed E-state index contributed by atoms with van der Waals surface area (Å²) in [4.78, 5) is 16.7. The number of hydrogen-bond donors (Lipinski definition) is 0. The van der Waals surface area contributed by atoms with Gasteiger partial charge in [0.1, 0.15) is 5.75 Å². The molecule has 1 aliphatic carbocycles. The molecule has 0 aromatic carbocycles. The molecule has 0 bridgehead atoms. The molecule has 0 amide bonds. The summed E-state index contributed by atoms with van der Waals surface area (Å²) in [6.07, 6.45) is 5.85. The van der Waals surface area contributed by atoms with Crippen LogP contribution < -0.4 is 4.74 Å². The third kappa shape index (κ3) is 4.31. The van der Waals surface area contributed by atoms with Crippen molar-refractivity contribution in [3.8, 4) is 5.75 Å². The van der Waals surface area contributed by atoms with Crippen molar-refractivity contribution >= 4 is 5.97 Å². The van der Waals surface area contributed by atoms with Gasteiger partial charge >= 0.3 is 5.97 Å². The maximum absolute atomic E-state index is 12.3. The first-order valence-electron chi connectivity index (χ1n) is 8.45. The predicted molar refractivity (Wildman–Crippen MR) is 88.9 cm³/mol. The van der Waals surface area contributed by atoms with Crippen LogP contribution in [-0.2, 0) is 10.2 Å². The fourth-order valence-electron chi connectivity index (χ4n) is 3.11. The standard InChI is InChI=1S/C19H29NO2/c1-13(2)14-6-8-15(9-7-14)18(21)22-16-10-11-17(20-12-16)19(3,4)5/h10-15H,6-9H2,1-5H3. The van der Waals surface area contributed by atoms with E-state index in [1.165, 1.54) is 0 Å². The van der Waals surface area contributed by atoms with Crippen molar-refractivity contribution in [1.82, 2.24) is 4.98 Å². The Bertz CT molecular complexity index is 491. The van der Waals surface area contributed by atoms with Crippen LogP contribution in [0.15, 0.2) is 18.3 Å². The lowest BCUT2D eigenvalue weighted by atomic mass is 9.77. The number of pyridine rings is 1. The number of carbonyl (C=O) groups is 1. The SMILES string of the molecule is CC(C)C1CCC(C(=O)Oc2ccc(C(C)(C)C)nc2)CC1. The molecular formula is C19H29NO2. The number of carbonyl (C=O) groups excluding carboxylic acids is 1. The molecule has 0 atom stereocenters. The van der Waals surface area contributed by atoms with Gasteiger partial charge in [-0.25, -0.2) is 0 Å². The van der Waals surface area contributed by atoms with E-state index in [0.717, 1.165) is 37.3 Å². The molecule has 0 spiro atoms. The molecule has 1 saturated carbocycles. The number of rotatable bonds is 3. The molecular weight excluding hydrogens is 274 g/mol. The van der Waals surface area contributed by atoms with Crippen molar-refractivity contribution in [2.24, 2.45) is 17.8 Å². The Labute approximate surface area is 134 Å². The minimum Gasteiger partial charge on any atom is -0.425 e. The molecule has 1 aromatic rings. The van der Waals surface area contributed by atoms with Crippen LogP contribution in [0.5, 0.6) is 5.75 Å². The second-order valence-electron chi connectivity index (χ2n) is 7.91. The zero-order chi connectivity index (χ0) is 16.3. The van der Waals surface area contributed by atoms with Gasteiger partial charge in [-0.05, 0) is 49.7 Å². The van der Waals surface area contributed by atoms with Crippen molar-refractivity contribution in [2.45, 2.75) is 65.7 Å². The summed E-state index contributed by atoms with van der Waals surface area (Å²) < 4.78 is 5.52. The summed E-state index contributed by atoms with van der Waals surface area (Å²) in [7, 11) is 0.